The second-order valence-corrected chi connectivity index (χ2v) is 5.52. The minimum absolute atomic E-state index is 0.113. The first kappa shape index (κ1) is 15.3. The van der Waals surface area contributed by atoms with E-state index in [4.69, 9.17) is 0 Å². The summed E-state index contributed by atoms with van der Waals surface area (Å²) in [4.78, 5) is 23.1. The van der Waals surface area contributed by atoms with Gasteiger partial charge in [-0.1, -0.05) is 30.3 Å². The lowest BCUT2D eigenvalue weighted by Gasteiger charge is -2.13. The first-order chi connectivity index (χ1) is 10.2. The van der Waals surface area contributed by atoms with Crippen LogP contribution in [-0.4, -0.2) is 23.5 Å². The molecule has 0 fully saturated rings. The fourth-order valence-electron chi connectivity index (χ4n) is 2.03. The Morgan fingerprint density at radius 1 is 1.19 bits per heavy atom. The summed E-state index contributed by atoms with van der Waals surface area (Å²) in [6.07, 6.45) is 1.05. The molecular weight excluding hydrogens is 286 g/mol. The van der Waals surface area contributed by atoms with Crippen LogP contribution in [0.5, 0.6) is 0 Å². The summed E-state index contributed by atoms with van der Waals surface area (Å²) in [7, 11) is 0. The predicted octanol–water partition coefficient (Wildman–Crippen LogP) is 2.67. The highest BCUT2D eigenvalue weighted by molar-refractivity contribution is 7.07. The maximum Gasteiger partial charge on any atom is 0.312 e. The molecule has 1 amide bonds. The first-order valence-corrected chi connectivity index (χ1v) is 7.66. The molecular formula is C16H17NO3S. The lowest BCUT2D eigenvalue weighted by atomic mass is 9.99. The van der Waals surface area contributed by atoms with Crippen molar-refractivity contribution < 1.29 is 14.7 Å². The zero-order chi connectivity index (χ0) is 15.1. The van der Waals surface area contributed by atoms with E-state index in [0.29, 0.717) is 18.4 Å². The number of hydrogen-bond donors (Lipinski definition) is 2. The summed E-state index contributed by atoms with van der Waals surface area (Å²) in [6, 6.07) is 10.9. The molecule has 0 spiro atoms. The second kappa shape index (κ2) is 7.59. The van der Waals surface area contributed by atoms with Gasteiger partial charge >= 0.3 is 5.97 Å². The molecule has 0 aliphatic carbocycles. The second-order valence-electron chi connectivity index (χ2n) is 4.74. The van der Waals surface area contributed by atoms with E-state index >= 15 is 0 Å². The van der Waals surface area contributed by atoms with Crippen molar-refractivity contribution in [2.75, 3.05) is 6.54 Å². The Labute approximate surface area is 127 Å². The lowest BCUT2D eigenvalue weighted by molar-refractivity contribution is -0.138. The Balaban J connectivity index is 1.84. The topological polar surface area (TPSA) is 66.4 Å². The van der Waals surface area contributed by atoms with Crippen LogP contribution in [0.1, 0.15) is 23.5 Å². The van der Waals surface area contributed by atoms with Gasteiger partial charge in [0.25, 0.3) is 0 Å². The minimum atomic E-state index is -0.931. The number of carboxylic acids is 1. The molecule has 0 saturated heterocycles. The molecule has 0 radical (unpaired) electrons. The summed E-state index contributed by atoms with van der Waals surface area (Å²) in [5.74, 6) is -1.76. The van der Waals surface area contributed by atoms with Crippen LogP contribution >= 0.6 is 11.3 Å². The number of aryl methyl sites for hydroxylation is 1. The van der Waals surface area contributed by atoms with Crippen LogP contribution < -0.4 is 5.32 Å². The van der Waals surface area contributed by atoms with Crippen LogP contribution in [0.3, 0.4) is 0 Å². The summed E-state index contributed by atoms with van der Waals surface area (Å²) in [5, 5.41) is 16.0. The number of rotatable bonds is 7. The van der Waals surface area contributed by atoms with Crippen molar-refractivity contribution in [2.24, 2.45) is 0 Å². The number of nitrogens with one attached hydrogen (secondary N) is 1. The molecule has 2 N–H and O–H groups in total. The number of benzene rings is 1. The normalized spacial score (nSPS) is 11.8. The molecule has 1 heterocycles. The maximum atomic E-state index is 11.8. The fourth-order valence-corrected chi connectivity index (χ4v) is 2.73. The van der Waals surface area contributed by atoms with Crippen LogP contribution in [0.15, 0.2) is 47.2 Å². The van der Waals surface area contributed by atoms with Gasteiger partial charge in [-0.15, -0.1) is 0 Å². The number of carbonyl (C=O) groups is 2. The van der Waals surface area contributed by atoms with Crippen LogP contribution in [0.25, 0.3) is 0 Å². The standard InChI is InChI=1S/C16H17NO3S/c18-15(7-6-12-8-9-21-11-12)17-10-14(16(19)20)13-4-2-1-3-5-13/h1-5,8-9,11,14H,6-7,10H2,(H,17,18)(H,19,20). The number of aliphatic carboxylic acids is 1. The molecule has 2 rings (SSSR count). The Hall–Kier alpha value is -2.14. The van der Waals surface area contributed by atoms with Gasteiger partial charge in [-0.25, -0.2) is 0 Å². The number of thiophene rings is 1. The minimum Gasteiger partial charge on any atom is -0.481 e. The van der Waals surface area contributed by atoms with Crippen LogP contribution in [-0.2, 0) is 16.0 Å². The van der Waals surface area contributed by atoms with Crippen molar-refractivity contribution >= 4 is 23.2 Å². The summed E-state index contributed by atoms with van der Waals surface area (Å²) in [6.45, 7) is 0.113. The molecule has 21 heavy (non-hydrogen) atoms. The molecule has 0 aliphatic rings. The number of amides is 1. The summed E-state index contributed by atoms with van der Waals surface area (Å²) >= 11 is 1.60. The van der Waals surface area contributed by atoms with E-state index in [0.717, 1.165) is 5.56 Å². The highest BCUT2D eigenvalue weighted by Gasteiger charge is 2.20. The van der Waals surface area contributed by atoms with Crippen molar-refractivity contribution in [3.8, 4) is 0 Å². The molecule has 5 heteroatoms. The van der Waals surface area contributed by atoms with Gasteiger partial charge in [0.15, 0.2) is 0 Å². The predicted molar refractivity (Wildman–Crippen MR) is 82.5 cm³/mol. The SMILES string of the molecule is O=C(CCc1ccsc1)NCC(C(=O)O)c1ccccc1. The van der Waals surface area contributed by atoms with Gasteiger partial charge in [-0.3, -0.25) is 9.59 Å². The third-order valence-corrected chi connectivity index (χ3v) is 3.96. The molecule has 2 aromatic rings. The van der Waals surface area contributed by atoms with Gasteiger partial charge in [-0.2, -0.15) is 11.3 Å². The van der Waals surface area contributed by atoms with Crippen molar-refractivity contribution in [3.05, 3.63) is 58.3 Å². The number of carbonyl (C=O) groups excluding carboxylic acids is 1. The van der Waals surface area contributed by atoms with Crippen molar-refractivity contribution in [3.63, 3.8) is 0 Å². The molecule has 0 saturated carbocycles. The van der Waals surface area contributed by atoms with E-state index in [9.17, 15) is 14.7 Å². The van der Waals surface area contributed by atoms with Gasteiger partial charge in [-0.05, 0) is 34.4 Å². The average Bonchev–Trinajstić information content (AvgIpc) is 2.99. The molecule has 0 aliphatic heterocycles. The maximum absolute atomic E-state index is 11.8. The van der Waals surface area contributed by atoms with E-state index in [2.05, 4.69) is 5.32 Å². The number of hydrogen-bond acceptors (Lipinski definition) is 3. The van der Waals surface area contributed by atoms with Gasteiger partial charge in [0.1, 0.15) is 0 Å². The van der Waals surface area contributed by atoms with Gasteiger partial charge < -0.3 is 10.4 Å². The van der Waals surface area contributed by atoms with Crippen LogP contribution in [0, 0.1) is 0 Å². The average molecular weight is 303 g/mol. The van der Waals surface area contributed by atoms with Gasteiger partial charge in [0.05, 0.1) is 5.92 Å². The molecule has 4 nitrogen and oxygen atoms in total. The van der Waals surface area contributed by atoms with Crippen molar-refractivity contribution in [1.29, 1.82) is 0 Å². The Bertz CT molecular complexity index is 581. The van der Waals surface area contributed by atoms with Gasteiger partial charge in [0, 0.05) is 13.0 Å². The molecule has 1 atom stereocenters. The first-order valence-electron chi connectivity index (χ1n) is 6.72. The molecule has 1 aromatic heterocycles. The van der Waals surface area contributed by atoms with E-state index in [-0.39, 0.29) is 12.5 Å². The Morgan fingerprint density at radius 2 is 1.95 bits per heavy atom. The largest absolute Gasteiger partial charge is 0.481 e. The lowest BCUT2D eigenvalue weighted by Crippen LogP contribution is -2.31. The number of carboxylic acid groups (broad SMARTS) is 1. The molecule has 1 unspecified atom stereocenters. The van der Waals surface area contributed by atoms with E-state index < -0.39 is 11.9 Å². The van der Waals surface area contributed by atoms with E-state index in [1.807, 2.05) is 22.9 Å². The van der Waals surface area contributed by atoms with E-state index in [1.54, 1.807) is 35.6 Å². The summed E-state index contributed by atoms with van der Waals surface area (Å²) in [5.41, 5.74) is 1.83. The quantitative estimate of drug-likeness (QED) is 0.826. The van der Waals surface area contributed by atoms with Crippen LogP contribution in [0.4, 0.5) is 0 Å². The monoisotopic (exact) mass is 303 g/mol. The third-order valence-electron chi connectivity index (χ3n) is 3.22. The zero-order valence-corrected chi connectivity index (χ0v) is 12.3. The molecule has 110 valence electrons. The third kappa shape index (κ3) is 4.72. The highest BCUT2D eigenvalue weighted by Crippen LogP contribution is 2.15. The zero-order valence-electron chi connectivity index (χ0n) is 11.5. The van der Waals surface area contributed by atoms with E-state index in [1.165, 1.54) is 0 Å². The smallest absolute Gasteiger partial charge is 0.312 e. The van der Waals surface area contributed by atoms with Crippen molar-refractivity contribution in [2.45, 2.75) is 18.8 Å². The van der Waals surface area contributed by atoms with Crippen molar-refractivity contribution in [1.82, 2.24) is 5.32 Å². The van der Waals surface area contributed by atoms with Gasteiger partial charge in [0.2, 0.25) is 5.91 Å². The summed E-state index contributed by atoms with van der Waals surface area (Å²) < 4.78 is 0. The fraction of sp³-hybridized carbons (Fsp3) is 0.250. The highest BCUT2D eigenvalue weighted by atomic mass is 32.1. The Kier molecular flexibility index (Phi) is 5.51. The molecule has 1 aromatic carbocycles. The van der Waals surface area contributed by atoms with Crippen LogP contribution in [0.2, 0.25) is 0 Å². The Morgan fingerprint density at radius 3 is 2.57 bits per heavy atom. The molecule has 0 bridgehead atoms.